The molecule has 1 aromatic heterocycles. The van der Waals surface area contributed by atoms with Crippen LogP contribution in [-0.2, 0) is 0 Å². The lowest BCUT2D eigenvalue weighted by Crippen LogP contribution is -2.10. The third-order valence-corrected chi connectivity index (χ3v) is 11.8. The van der Waals surface area contributed by atoms with Crippen LogP contribution in [0.5, 0.6) is 0 Å². The Hall–Kier alpha value is -7.94. The number of rotatable bonds is 8. The molecule has 0 fully saturated rings. The van der Waals surface area contributed by atoms with E-state index in [-0.39, 0.29) is 0 Å². The van der Waals surface area contributed by atoms with Gasteiger partial charge in [0.2, 0.25) is 0 Å². The van der Waals surface area contributed by atoms with Gasteiger partial charge in [0.25, 0.3) is 0 Å². The number of hydrogen-bond donors (Lipinski definition) is 0. The van der Waals surface area contributed by atoms with Gasteiger partial charge in [-0.25, -0.2) is 0 Å². The van der Waals surface area contributed by atoms with E-state index in [9.17, 15) is 0 Å². The molecule has 0 atom stereocenters. The SMILES string of the molecule is c1ccc(-c2ccc(N(c3ccc(-c4ccc(-c5ccccc5-n5c6ccccc6c6ccccc65)cc4)cc3)c3cccc(-c4ccc5ccccc5c4)c3)cc2)cc1. The van der Waals surface area contributed by atoms with Crippen LogP contribution >= 0.6 is 0 Å². The van der Waals surface area contributed by atoms with Crippen molar-refractivity contribution in [3.05, 3.63) is 243 Å². The van der Waals surface area contributed by atoms with E-state index in [1.807, 2.05) is 0 Å². The molecule has 0 aliphatic heterocycles. The van der Waals surface area contributed by atoms with Crippen LogP contribution in [0.15, 0.2) is 243 Å². The summed E-state index contributed by atoms with van der Waals surface area (Å²) in [5, 5.41) is 5.02. The highest BCUT2D eigenvalue weighted by Gasteiger charge is 2.17. The van der Waals surface area contributed by atoms with E-state index in [0.717, 1.165) is 17.1 Å². The molecular formula is C58H40N2. The molecule has 0 aliphatic carbocycles. The Morgan fingerprint density at radius 2 is 0.733 bits per heavy atom. The van der Waals surface area contributed by atoms with Crippen molar-refractivity contribution < 1.29 is 0 Å². The number of benzene rings is 10. The Balaban J connectivity index is 0.941. The van der Waals surface area contributed by atoms with Gasteiger partial charge in [-0.15, -0.1) is 0 Å². The van der Waals surface area contributed by atoms with E-state index in [1.165, 1.54) is 82.8 Å². The van der Waals surface area contributed by atoms with Crippen LogP contribution in [0, 0.1) is 0 Å². The molecule has 10 aromatic carbocycles. The van der Waals surface area contributed by atoms with E-state index in [2.05, 4.69) is 252 Å². The zero-order chi connectivity index (χ0) is 39.8. The van der Waals surface area contributed by atoms with Gasteiger partial charge in [0.05, 0.1) is 16.7 Å². The predicted molar refractivity (Wildman–Crippen MR) is 255 cm³/mol. The van der Waals surface area contributed by atoms with Crippen LogP contribution in [0.1, 0.15) is 0 Å². The molecule has 0 saturated carbocycles. The monoisotopic (exact) mass is 764 g/mol. The van der Waals surface area contributed by atoms with Crippen LogP contribution in [0.4, 0.5) is 17.1 Å². The van der Waals surface area contributed by atoms with E-state index < -0.39 is 0 Å². The molecule has 0 saturated heterocycles. The highest BCUT2D eigenvalue weighted by atomic mass is 15.1. The lowest BCUT2D eigenvalue weighted by Gasteiger charge is -2.26. The first kappa shape index (κ1) is 35.2. The summed E-state index contributed by atoms with van der Waals surface area (Å²) in [4.78, 5) is 2.36. The highest BCUT2D eigenvalue weighted by molar-refractivity contribution is 6.09. The molecule has 0 amide bonds. The molecule has 0 N–H and O–H groups in total. The molecule has 1 heterocycles. The second kappa shape index (κ2) is 15.1. The van der Waals surface area contributed by atoms with Crippen LogP contribution in [0.3, 0.4) is 0 Å². The normalized spacial score (nSPS) is 11.3. The fourth-order valence-electron chi connectivity index (χ4n) is 8.81. The zero-order valence-electron chi connectivity index (χ0n) is 33.0. The molecule has 2 heteroatoms. The molecule has 11 rings (SSSR count). The Bertz CT molecular complexity index is 3230. The van der Waals surface area contributed by atoms with Crippen molar-refractivity contribution in [1.82, 2.24) is 4.57 Å². The van der Waals surface area contributed by atoms with Crippen molar-refractivity contribution in [3.8, 4) is 50.2 Å². The summed E-state index contributed by atoms with van der Waals surface area (Å²) >= 11 is 0. The Morgan fingerprint density at radius 3 is 1.40 bits per heavy atom. The third-order valence-electron chi connectivity index (χ3n) is 11.8. The van der Waals surface area contributed by atoms with Gasteiger partial charge in [0.15, 0.2) is 0 Å². The highest BCUT2D eigenvalue weighted by Crippen LogP contribution is 2.40. The largest absolute Gasteiger partial charge is 0.310 e. The first-order valence-corrected chi connectivity index (χ1v) is 20.6. The van der Waals surface area contributed by atoms with Crippen molar-refractivity contribution in [3.63, 3.8) is 0 Å². The van der Waals surface area contributed by atoms with Gasteiger partial charge < -0.3 is 9.47 Å². The van der Waals surface area contributed by atoms with Gasteiger partial charge in [0.1, 0.15) is 0 Å². The summed E-state index contributed by atoms with van der Waals surface area (Å²) in [5.41, 5.74) is 16.4. The number of para-hydroxylation sites is 3. The quantitative estimate of drug-likeness (QED) is 0.150. The fraction of sp³-hybridized carbons (Fsp3) is 0. The summed E-state index contributed by atoms with van der Waals surface area (Å²) in [6.45, 7) is 0. The van der Waals surface area contributed by atoms with Crippen molar-refractivity contribution in [2.45, 2.75) is 0 Å². The number of aromatic nitrogens is 1. The third kappa shape index (κ3) is 6.41. The second-order valence-electron chi connectivity index (χ2n) is 15.4. The standard InChI is InChI=1S/C58H40N2/c1-2-13-41(14-3-1)44-31-35-50(36-32-44)59(52-18-12-17-48(40-52)49-30-27-42-15-4-5-16-47(42)39-49)51-37-33-45(34-38-51)43-25-28-46(29-26-43)53-19-6-9-22-56(53)60-57-23-10-7-20-54(57)55-21-8-11-24-58(55)60/h1-40H. The van der Waals surface area contributed by atoms with Crippen molar-refractivity contribution in [1.29, 1.82) is 0 Å². The Morgan fingerprint density at radius 1 is 0.267 bits per heavy atom. The van der Waals surface area contributed by atoms with Gasteiger partial charge >= 0.3 is 0 Å². The molecule has 282 valence electrons. The molecule has 0 unspecified atom stereocenters. The van der Waals surface area contributed by atoms with Crippen molar-refractivity contribution >= 4 is 49.6 Å². The van der Waals surface area contributed by atoms with Crippen LogP contribution in [-0.4, -0.2) is 4.57 Å². The molecule has 11 aromatic rings. The smallest absolute Gasteiger partial charge is 0.0541 e. The van der Waals surface area contributed by atoms with Gasteiger partial charge in [-0.1, -0.05) is 182 Å². The molecule has 0 aliphatic rings. The summed E-state index contributed by atoms with van der Waals surface area (Å²) in [6, 6.07) is 87.8. The maximum absolute atomic E-state index is 2.41. The number of nitrogens with zero attached hydrogens (tertiary/aromatic N) is 2. The first-order chi connectivity index (χ1) is 29.7. The number of anilines is 3. The molecule has 0 bridgehead atoms. The van der Waals surface area contributed by atoms with Crippen molar-refractivity contribution in [2.75, 3.05) is 4.90 Å². The van der Waals surface area contributed by atoms with E-state index in [0.29, 0.717) is 0 Å². The lowest BCUT2D eigenvalue weighted by atomic mass is 9.98. The van der Waals surface area contributed by atoms with Gasteiger partial charge in [-0.2, -0.15) is 0 Å². The summed E-state index contributed by atoms with van der Waals surface area (Å²) in [5.74, 6) is 0. The van der Waals surface area contributed by atoms with Crippen LogP contribution < -0.4 is 4.90 Å². The summed E-state index contributed by atoms with van der Waals surface area (Å²) in [6.07, 6.45) is 0. The fourth-order valence-corrected chi connectivity index (χ4v) is 8.81. The Labute approximate surface area is 350 Å². The van der Waals surface area contributed by atoms with Crippen LogP contribution in [0.2, 0.25) is 0 Å². The minimum Gasteiger partial charge on any atom is -0.310 e. The zero-order valence-corrected chi connectivity index (χ0v) is 33.0. The Kier molecular flexibility index (Phi) is 8.87. The van der Waals surface area contributed by atoms with Crippen molar-refractivity contribution in [2.24, 2.45) is 0 Å². The first-order valence-electron chi connectivity index (χ1n) is 20.6. The van der Waals surface area contributed by atoms with E-state index >= 15 is 0 Å². The summed E-state index contributed by atoms with van der Waals surface area (Å²) in [7, 11) is 0. The van der Waals surface area contributed by atoms with E-state index in [4.69, 9.17) is 0 Å². The van der Waals surface area contributed by atoms with E-state index in [1.54, 1.807) is 0 Å². The maximum atomic E-state index is 2.41. The molecular weight excluding hydrogens is 725 g/mol. The summed E-state index contributed by atoms with van der Waals surface area (Å²) < 4.78 is 2.41. The maximum Gasteiger partial charge on any atom is 0.0541 e. The molecule has 60 heavy (non-hydrogen) atoms. The average molecular weight is 765 g/mol. The topological polar surface area (TPSA) is 8.17 Å². The van der Waals surface area contributed by atoms with Gasteiger partial charge in [-0.3, -0.25) is 0 Å². The molecule has 0 spiro atoms. The molecule has 2 nitrogen and oxygen atoms in total. The van der Waals surface area contributed by atoms with Crippen LogP contribution in [0.25, 0.3) is 82.8 Å². The molecule has 0 radical (unpaired) electrons. The predicted octanol–water partition coefficient (Wildman–Crippen LogP) is 16.1. The minimum atomic E-state index is 1.10. The lowest BCUT2D eigenvalue weighted by molar-refractivity contribution is 1.18. The number of fused-ring (bicyclic) bond motifs is 4. The second-order valence-corrected chi connectivity index (χ2v) is 15.4. The average Bonchev–Trinajstić information content (AvgIpc) is 3.67. The number of hydrogen-bond acceptors (Lipinski definition) is 1. The minimum absolute atomic E-state index is 1.10. The van der Waals surface area contributed by atoms with Gasteiger partial charge in [-0.05, 0) is 110 Å². The van der Waals surface area contributed by atoms with Gasteiger partial charge in [0, 0.05) is 33.4 Å².